The Morgan fingerprint density at radius 3 is 2.61 bits per heavy atom. The lowest BCUT2D eigenvalue weighted by Gasteiger charge is -2.00. The molecule has 1 aromatic heterocycles. The summed E-state index contributed by atoms with van der Waals surface area (Å²) < 4.78 is 0. The fraction of sp³-hybridized carbons (Fsp3) is 0.611. The lowest BCUT2D eigenvalue weighted by Crippen LogP contribution is -1.94. The Kier molecular flexibility index (Phi) is 10.2. The van der Waals surface area contributed by atoms with Crippen molar-refractivity contribution in [2.45, 2.75) is 71.1 Å². The summed E-state index contributed by atoms with van der Waals surface area (Å²) in [7, 11) is 0. The summed E-state index contributed by atoms with van der Waals surface area (Å²) in [6, 6.07) is 0. The van der Waals surface area contributed by atoms with Crippen molar-refractivity contribution in [2.75, 3.05) is 0 Å². The zero-order chi connectivity index (χ0) is 16.9. The monoisotopic (exact) mass is 337 g/mol. The number of carboxylic acid groups (broad SMARTS) is 1. The van der Waals surface area contributed by atoms with Crippen molar-refractivity contribution in [3.8, 4) is 0 Å². The maximum absolute atomic E-state index is 11.8. The van der Waals surface area contributed by atoms with Crippen molar-refractivity contribution >= 4 is 29.2 Å². The van der Waals surface area contributed by atoms with Gasteiger partial charge in [-0.05, 0) is 37.8 Å². The molecule has 0 aromatic carbocycles. The van der Waals surface area contributed by atoms with E-state index in [1.165, 1.54) is 0 Å². The molecule has 0 aliphatic heterocycles. The Balaban J connectivity index is 2.29. The van der Waals surface area contributed by atoms with E-state index in [1.807, 2.05) is 11.6 Å². The molecule has 4 nitrogen and oxygen atoms in total. The molecule has 0 radical (unpaired) electrons. The standard InChI is InChI=1S/C18H27NO3S/c1-2-3-6-9-15(20)12-13-17-16(19-14-23-17)10-7-4-5-8-11-18(21)22/h12-14H,2-11H2,1H3,(H,21,22). The minimum Gasteiger partial charge on any atom is -0.481 e. The molecule has 5 heteroatoms. The van der Waals surface area contributed by atoms with Crippen LogP contribution in [0.3, 0.4) is 0 Å². The fourth-order valence-electron chi connectivity index (χ4n) is 2.33. The molecule has 0 atom stereocenters. The van der Waals surface area contributed by atoms with E-state index >= 15 is 0 Å². The number of hydrogen-bond donors (Lipinski definition) is 1. The van der Waals surface area contributed by atoms with Crippen molar-refractivity contribution in [2.24, 2.45) is 0 Å². The lowest BCUT2D eigenvalue weighted by atomic mass is 10.1. The Bertz CT molecular complexity index is 508. The molecule has 1 heterocycles. The highest BCUT2D eigenvalue weighted by Gasteiger charge is 2.05. The van der Waals surface area contributed by atoms with Crippen molar-refractivity contribution in [1.82, 2.24) is 4.98 Å². The molecule has 0 saturated heterocycles. The predicted molar refractivity (Wildman–Crippen MR) is 94.7 cm³/mol. The van der Waals surface area contributed by atoms with Crippen LogP contribution in [0.5, 0.6) is 0 Å². The number of ketones is 1. The second-order valence-electron chi connectivity index (χ2n) is 5.73. The first kappa shape index (κ1) is 19.6. The van der Waals surface area contributed by atoms with Crippen LogP contribution in [0.15, 0.2) is 11.6 Å². The van der Waals surface area contributed by atoms with E-state index in [9.17, 15) is 9.59 Å². The van der Waals surface area contributed by atoms with Gasteiger partial charge in [0, 0.05) is 12.8 Å². The van der Waals surface area contributed by atoms with E-state index in [4.69, 9.17) is 5.11 Å². The van der Waals surface area contributed by atoms with Gasteiger partial charge in [0.25, 0.3) is 0 Å². The van der Waals surface area contributed by atoms with Gasteiger partial charge in [0.1, 0.15) is 0 Å². The van der Waals surface area contributed by atoms with Crippen LogP contribution in [-0.4, -0.2) is 21.8 Å². The summed E-state index contributed by atoms with van der Waals surface area (Å²) in [5.74, 6) is -0.535. The summed E-state index contributed by atoms with van der Waals surface area (Å²) >= 11 is 1.56. The number of rotatable bonds is 13. The van der Waals surface area contributed by atoms with Crippen molar-refractivity contribution in [1.29, 1.82) is 0 Å². The van der Waals surface area contributed by atoms with E-state index in [0.717, 1.165) is 61.9 Å². The van der Waals surface area contributed by atoms with Gasteiger partial charge < -0.3 is 5.11 Å². The molecule has 23 heavy (non-hydrogen) atoms. The van der Waals surface area contributed by atoms with Gasteiger partial charge in [-0.15, -0.1) is 11.3 Å². The van der Waals surface area contributed by atoms with E-state index < -0.39 is 5.97 Å². The van der Waals surface area contributed by atoms with Crippen LogP contribution in [0.4, 0.5) is 0 Å². The first-order chi connectivity index (χ1) is 11.1. The summed E-state index contributed by atoms with van der Waals surface area (Å²) in [4.78, 5) is 27.6. The van der Waals surface area contributed by atoms with Crippen LogP contribution in [0, 0.1) is 0 Å². The highest BCUT2D eigenvalue weighted by atomic mass is 32.1. The van der Waals surface area contributed by atoms with Gasteiger partial charge in [-0.1, -0.05) is 32.6 Å². The zero-order valence-electron chi connectivity index (χ0n) is 13.9. The van der Waals surface area contributed by atoms with Crippen LogP contribution in [0.25, 0.3) is 6.08 Å². The SMILES string of the molecule is CCCCCC(=O)C=Cc1scnc1CCCCCCC(=O)O. The van der Waals surface area contributed by atoms with Crippen molar-refractivity contribution in [3.63, 3.8) is 0 Å². The molecule has 0 saturated carbocycles. The Morgan fingerprint density at radius 1 is 1.13 bits per heavy atom. The van der Waals surface area contributed by atoms with Crippen LogP contribution in [0.2, 0.25) is 0 Å². The maximum Gasteiger partial charge on any atom is 0.303 e. The number of aliphatic carboxylic acids is 1. The third-order valence-corrected chi connectivity index (χ3v) is 4.51. The number of carbonyl (C=O) groups is 2. The number of aryl methyl sites for hydroxylation is 1. The number of aromatic nitrogens is 1. The van der Waals surface area contributed by atoms with E-state index in [0.29, 0.717) is 6.42 Å². The molecule has 0 spiro atoms. The third-order valence-electron chi connectivity index (χ3n) is 3.67. The van der Waals surface area contributed by atoms with Gasteiger partial charge >= 0.3 is 5.97 Å². The van der Waals surface area contributed by atoms with Gasteiger partial charge in [-0.2, -0.15) is 0 Å². The van der Waals surface area contributed by atoms with Gasteiger partial charge in [0.05, 0.1) is 16.1 Å². The summed E-state index contributed by atoms with van der Waals surface area (Å²) in [6.45, 7) is 2.13. The second-order valence-corrected chi connectivity index (χ2v) is 6.61. The minimum atomic E-state index is -0.722. The second kappa shape index (κ2) is 12.0. The predicted octanol–water partition coefficient (Wildman–Crippen LogP) is 4.88. The molecule has 128 valence electrons. The Hall–Kier alpha value is -1.49. The topological polar surface area (TPSA) is 67.3 Å². The summed E-state index contributed by atoms with van der Waals surface area (Å²) in [6.07, 6.45) is 12.3. The number of carbonyl (C=O) groups excluding carboxylic acids is 1. The van der Waals surface area contributed by atoms with Gasteiger partial charge in [-0.25, -0.2) is 4.98 Å². The normalized spacial score (nSPS) is 11.2. The van der Waals surface area contributed by atoms with Crippen LogP contribution >= 0.6 is 11.3 Å². The molecule has 0 aliphatic carbocycles. The number of allylic oxidation sites excluding steroid dienone is 1. The number of carboxylic acids is 1. The molecule has 0 unspecified atom stereocenters. The van der Waals surface area contributed by atoms with Crippen LogP contribution in [-0.2, 0) is 16.0 Å². The Morgan fingerprint density at radius 2 is 1.87 bits per heavy atom. The highest BCUT2D eigenvalue weighted by Crippen LogP contribution is 2.18. The molecular weight excluding hydrogens is 310 g/mol. The summed E-state index contributed by atoms with van der Waals surface area (Å²) in [5, 5.41) is 8.58. The van der Waals surface area contributed by atoms with Crippen molar-refractivity contribution in [3.05, 3.63) is 22.2 Å². The quantitative estimate of drug-likeness (QED) is 0.411. The molecule has 1 N–H and O–H groups in total. The van der Waals surface area contributed by atoms with Gasteiger partial charge in [0.15, 0.2) is 5.78 Å². The minimum absolute atomic E-state index is 0.187. The van der Waals surface area contributed by atoms with E-state index in [-0.39, 0.29) is 12.2 Å². The maximum atomic E-state index is 11.8. The number of nitrogens with zero attached hydrogens (tertiary/aromatic N) is 1. The van der Waals surface area contributed by atoms with Crippen LogP contribution < -0.4 is 0 Å². The average molecular weight is 337 g/mol. The average Bonchev–Trinajstić information content (AvgIpc) is 2.96. The largest absolute Gasteiger partial charge is 0.481 e. The first-order valence-corrected chi connectivity index (χ1v) is 9.36. The third kappa shape index (κ3) is 9.29. The molecule has 0 aliphatic rings. The summed E-state index contributed by atoms with van der Waals surface area (Å²) in [5.41, 5.74) is 2.87. The lowest BCUT2D eigenvalue weighted by molar-refractivity contribution is -0.137. The highest BCUT2D eigenvalue weighted by molar-refractivity contribution is 7.10. The fourth-order valence-corrected chi connectivity index (χ4v) is 3.06. The van der Waals surface area contributed by atoms with Crippen LogP contribution in [0.1, 0.15) is 75.3 Å². The van der Waals surface area contributed by atoms with E-state index in [2.05, 4.69) is 11.9 Å². The molecule has 0 bridgehead atoms. The van der Waals surface area contributed by atoms with Crippen molar-refractivity contribution < 1.29 is 14.7 Å². The number of unbranched alkanes of at least 4 members (excludes halogenated alkanes) is 5. The molecule has 1 aromatic rings. The molecular formula is C18H27NO3S. The first-order valence-electron chi connectivity index (χ1n) is 8.48. The van der Waals surface area contributed by atoms with E-state index in [1.54, 1.807) is 17.4 Å². The molecule has 0 amide bonds. The smallest absolute Gasteiger partial charge is 0.303 e. The van der Waals surface area contributed by atoms with Gasteiger partial charge in [-0.3, -0.25) is 9.59 Å². The Labute approximate surface area is 142 Å². The molecule has 0 fully saturated rings. The molecule has 1 rings (SSSR count). The number of hydrogen-bond acceptors (Lipinski definition) is 4. The van der Waals surface area contributed by atoms with Gasteiger partial charge in [0.2, 0.25) is 0 Å². The number of thiazole rings is 1. The zero-order valence-corrected chi connectivity index (χ0v) is 14.7.